The van der Waals surface area contributed by atoms with E-state index >= 15 is 0 Å². The average Bonchev–Trinajstić information content (AvgIpc) is 2.88. The van der Waals surface area contributed by atoms with E-state index in [9.17, 15) is 9.90 Å². The quantitative estimate of drug-likeness (QED) is 0.901. The average molecular weight is 274 g/mol. The van der Waals surface area contributed by atoms with Crippen molar-refractivity contribution in [1.29, 1.82) is 0 Å². The fourth-order valence-corrected chi connectivity index (χ4v) is 3.48. The molecule has 2 heterocycles. The first-order valence-corrected chi connectivity index (χ1v) is 7.15. The lowest BCUT2D eigenvalue weighted by atomic mass is 9.94. The van der Waals surface area contributed by atoms with E-state index in [0.717, 1.165) is 19.3 Å². The minimum absolute atomic E-state index is 0.169. The summed E-state index contributed by atoms with van der Waals surface area (Å²) >= 11 is 1.77. The molecule has 0 aromatic carbocycles. The number of nitrogens with zero attached hydrogens (tertiary/aromatic N) is 1. The molecule has 0 amide bonds. The Balaban J connectivity index is 1.90. The van der Waals surface area contributed by atoms with Gasteiger partial charge in [-0.2, -0.15) is 0 Å². The van der Waals surface area contributed by atoms with Crippen LogP contribution in [0.5, 0.6) is 0 Å². The lowest BCUT2D eigenvalue weighted by molar-refractivity contribution is 0.0697. The van der Waals surface area contributed by atoms with Crippen molar-refractivity contribution >= 4 is 23.1 Å². The van der Waals surface area contributed by atoms with Gasteiger partial charge >= 0.3 is 5.97 Å². The normalized spacial score (nSPS) is 17.8. The fourth-order valence-electron chi connectivity index (χ4n) is 2.49. The third-order valence-corrected chi connectivity index (χ3v) is 4.40. The topological polar surface area (TPSA) is 62.2 Å². The van der Waals surface area contributed by atoms with Crippen LogP contribution in [0.1, 0.15) is 39.7 Å². The van der Waals surface area contributed by atoms with Crippen molar-refractivity contribution in [3.05, 3.63) is 45.8 Å². The monoisotopic (exact) mass is 274 g/mol. The highest BCUT2D eigenvalue weighted by atomic mass is 32.1. The van der Waals surface area contributed by atoms with Gasteiger partial charge in [0.05, 0.1) is 6.04 Å². The highest BCUT2D eigenvalue weighted by molar-refractivity contribution is 7.10. The summed E-state index contributed by atoms with van der Waals surface area (Å²) in [5, 5.41) is 14.6. The lowest BCUT2D eigenvalue weighted by Gasteiger charge is -2.24. The third-order valence-electron chi connectivity index (χ3n) is 3.40. The Hall–Kier alpha value is -1.88. The van der Waals surface area contributed by atoms with E-state index in [2.05, 4.69) is 21.7 Å². The third kappa shape index (κ3) is 2.33. The van der Waals surface area contributed by atoms with Crippen LogP contribution in [0.25, 0.3) is 0 Å². The molecule has 0 radical (unpaired) electrons. The molecule has 1 unspecified atom stereocenters. The SMILES string of the molecule is O=C(O)c1cccnc1NC1CCCc2sccc21. The van der Waals surface area contributed by atoms with Crippen LogP contribution in [0.15, 0.2) is 29.8 Å². The number of hydrogen-bond donors (Lipinski definition) is 2. The second-order valence-electron chi connectivity index (χ2n) is 4.59. The first-order valence-electron chi connectivity index (χ1n) is 6.27. The van der Waals surface area contributed by atoms with Crippen LogP contribution in [-0.4, -0.2) is 16.1 Å². The summed E-state index contributed by atoms with van der Waals surface area (Å²) < 4.78 is 0. The first kappa shape index (κ1) is 12.2. The molecule has 1 atom stereocenters. The smallest absolute Gasteiger partial charge is 0.339 e. The maximum Gasteiger partial charge on any atom is 0.339 e. The van der Waals surface area contributed by atoms with Gasteiger partial charge in [-0.25, -0.2) is 9.78 Å². The molecule has 0 bridgehead atoms. The Labute approximate surface area is 115 Å². The summed E-state index contributed by atoms with van der Waals surface area (Å²) in [6.45, 7) is 0. The number of thiophene rings is 1. The molecule has 0 aliphatic heterocycles. The van der Waals surface area contributed by atoms with E-state index in [4.69, 9.17) is 0 Å². The zero-order valence-corrected chi connectivity index (χ0v) is 11.1. The number of pyridine rings is 1. The molecule has 3 rings (SSSR count). The number of rotatable bonds is 3. The second kappa shape index (κ2) is 5.01. The number of aromatic nitrogens is 1. The zero-order chi connectivity index (χ0) is 13.2. The molecule has 2 aromatic rings. The van der Waals surface area contributed by atoms with Crippen LogP contribution in [0.4, 0.5) is 5.82 Å². The van der Waals surface area contributed by atoms with E-state index in [1.165, 1.54) is 10.4 Å². The Morgan fingerprint density at radius 1 is 1.47 bits per heavy atom. The van der Waals surface area contributed by atoms with Crippen LogP contribution < -0.4 is 5.32 Å². The Morgan fingerprint density at radius 3 is 3.21 bits per heavy atom. The molecule has 4 nitrogen and oxygen atoms in total. The van der Waals surface area contributed by atoms with Crippen LogP contribution >= 0.6 is 11.3 Å². The zero-order valence-electron chi connectivity index (χ0n) is 10.3. The highest BCUT2D eigenvalue weighted by Gasteiger charge is 2.23. The van der Waals surface area contributed by atoms with Gasteiger partial charge in [-0.15, -0.1) is 11.3 Å². The van der Waals surface area contributed by atoms with Crippen molar-refractivity contribution in [3.8, 4) is 0 Å². The number of fused-ring (bicyclic) bond motifs is 1. The highest BCUT2D eigenvalue weighted by Crippen LogP contribution is 2.35. The summed E-state index contributed by atoms with van der Waals surface area (Å²) in [6.07, 6.45) is 4.88. The number of hydrogen-bond acceptors (Lipinski definition) is 4. The van der Waals surface area contributed by atoms with Gasteiger partial charge in [0.2, 0.25) is 0 Å². The molecule has 98 valence electrons. The molecule has 0 saturated heterocycles. The van der Waals surface area contributed by atoms with Gasteiger partial charge in [0.15, 0.2) is 0 Å². The van der Waals surface area contributed by atoms with Crippen LogP contribution in [-0.2, 0) is 6.42 Å². The molecule has 0 fully saturated rings. The molecule has 5 heteroatoms. The minimum atomic E-state index is -0.947. The van der Waals surface area contributed by atoms with Gasteiger partial charge in [-0.1, -0.05) is 0 Å². The van der Waals surface area contributed by atoms with Crippen molar-refractivity contribution in [1.82, 2.24) is 4.98 Å². The number of nitrogens with one attached hydrogen (secondary N) is 1. The van der Waals surface area contributed by atoms with Crippen molar-refractivity contribution in [2.24, 2.45) is 0 Å². The Morgan fingerprint density at radius 2 is 2.37 bits per heavy atom. The van der Waals surface area contributed by atoms with Crippen LogP contribution in [0, 0.1) is 0 Å². The standard InChI is InChI=1S/C14H14N2O2S/c17-14(18)10-3-2-7-15-13(10)16-11-4-1-5-12-9(11)6-8-19-12/h2-3,6-8,11H,1,4-5H2,(H,15,16)(H,17,18). The second-order valence-corrected chi connectivity index (χ2v) is 5.59. The molecule has 0 spiro atoms. The van der Waals surface area contributed by atoms with Gasteiger partial charge in [0.1, 0.15) is 11.4 Å². The number of aryl methyl sites for hydroxylation is 1. The predicted octanol–water partition coefficient (Wildman–Crippen LogP) is 3.33. The largest absolute Gasteiger partial charge is 0.478 e. The van der Waals surface area contributed by atoms with Crippen molar-refractivity contribution in [2.45, 2.75) is 25.3 Å². The first-order chi connectivity index (χ1) is 9.25. The van der Waals surface area contributed by atoms with Gasteiger partial charge in [0, 0.05) is 11.1 Å². The number of carboxylic acid groups (broad SMARTS) is 1. The molecular weight excluding hydrogens is 260 g/mol. The predicted molar refractivity (Wildman–Crippen MR) is 74.8 cm³/mol. The van der Waals surface area contributed by atoms with Gasteiger partial charge in [0.25, 0.3) is 0 Å². The van der Waals surface area contributed by atoms with Gasteiger partial charge in [-0.05, 0) is 48.4 Å². The van der Waals surface area contributed by atoms with Crippen molar-refractivity contribution < 1.29 is 9.90 Å². The number of carbonyl (C=O) groups is 1. The number of carboxylic acids is 1. The maximum absolute atomic E-state index is 11.2. The Bertz CT molecular complexity index is 609. The van der Waals surface area contributed by atoms with E-state index in [0.29, 0.717) is 5.82 Å². The summed E-state index contributed by atoms with van der Waals surface area (Å²) in [4.78, 5) is 16.7. The molecule has 2 aromatic heterocycles. The van der Waals surface area contributed by atoms with Crippen molar-refractivity contribution in [2.75, 3.05) is 5.32 Å². The summed E-state index contributed by atoms with van der Waals surface area (Å²) in [5.41, 5.74) is 1.52. The fraction of sp³-hybridized carbons (Fsp3) is 0.286. The van der Waals surface area contributed by atoms with Gasteiger partial charge in [-0.3, -0.25) is 0 Å². The summed E-state index contributed by atoms with van der Waals surface area (Å²) in [7, 11) is 0. The molecular formula is C14H14N2O2S. The van der Waals surface area contributed by atoms with E-state index in [-0.39, 0.29) is 11.6 Å². The lowest BCUT2D eigenvalue weighted by Crippen LogP contribution is -2.18. The van der Waals surface area contributed by atoms with E-state index in [1.54, 1.807) is 29.7 Å². The molecule has 1 aliphatic rings. The maximum atomic E-state index is 11.2. The van der Waals surface area contributed by atoms with Crippen molar-refractivity contribution in [3.63, 3.8) is 0 Å². The molecule has 0 saturated carbocycles. The number of anilines is 1. The van der Waals surface area contributed by atoms with E-state index < -0.39 is 5.97 Å². The molecule has 2 N–H and O–H groups in total. The van der Waals surface area contributed by atoms with Gasteiger partial charge < -0.3 is 10.4 Å². The van der Waals surface area contributed by atoms with E-state index in [1.807, 2.05) is 0 Å². The van der Waals surface area contributed by atoms with Crippen LogP contribution in [0.2, 0.25) is 0 Å². The molecule has 19 heavy (non-hydrogen) atoms. The minimum Gasteiger partial charge on any atom is -0.478 e. The number of aromatic carboxylic acids is 1. The molecule has 1 aliphatic carbocycles. The summed E-state index contributed by atoms with van der Waals surface area (Å²) in [5.74, 6) is -0.490. The van der Waals surface area contributed by atoms with Crippen LogP contribution in [0.3, 0.4) is 0 Å². The summed E-state index contributed by atoms with van der Waals surface area (Å²) in [6, 6.07) is 5.52. The Kier molecular flexibility index (Phi) is 3.21.